The zero-order valence-corrected chi connectivity index (χ0v) is 18.6. The molecule has 0 atom stereocenters. The van der Waals surface area contributed by atoms with Crippen molar-refractivity contribution in [2.24, 2.45) is 0 Å². The van der Waals surface area contributed by atoms with Crippen LogP contribution in [0, 0.1) is 0 Å². The van der Waals surface area contributed by atoms with E-state index in [-0.39, 0.29) is 6.42 Å². The van der Waals surface area contributed by atoms with E-state index in [9.17, 15) is 4.79 Å². The van der Waals surface area contributed by atoms with Gasteiger partial charge in [0, 0.05) is 24.7 Å². The first-order valence-electron chi connectivity index (χ1n) is 11.2. The third kappa shape index (κ3) is 5.54. The summed E-state index contributed by atoms with van der Waals surface area (Å²) in [4.78, 5) is 10.7. The van der Waals surface area contributed by atoms with E-state index < -0.39 is 5.97 Å². The number of fused-ring (bicyclic) bond motifs is 1. The van der Waals surface area contributed by atoms with Crippen LogP contribution in [0.3, 0.4) is 0 Å². The Morgan fingerprint density at radius 3 is 2.48 bits per heavy atom. The van der Waals surface area contributed by atoms with Gasteiger partial charge < -0.3 is 14.8 Å². The number of aromatic nitrogens is 2. The van der Waals surface area contributed by atoms with Crippen LogP contribution in [0.1, 0.15) is 43.2 Å². The van der Waals surface area contributed by atoms with Crippen molar-refractivity contribution in [3.05, 3.63) is 83.7 Å². The highest BCUT2D eigenvalue weighted by molar-refractivity contribution is 5.97. The summed E-state index contributed by atoms with van der Waals surface area (Å²) in [6, 6.07) is 22.3. The van der Waals surface area contributed by atoms with Gasteiger partial charge in [0.05, 0.1) is 6.42 Å². The number of hydrogen-bond donors (Lipinski definition) is 2. The summed E-state index contributed by atoms with van der Waals surface area (Å²) in [6.45, 7) is 3.16. The Hall–Kier alpha value is -3.77. The van der Waals surface area contributed by atoms with Gasteiger partial charge in [-0.05, 0) is 40.0 Å². The molecule has 2 N–H and O–H groups in total. The second-order valence-electron chi connectivity index (χ2n) is 7.87. The molecule has 0 radical (unpaired) electrons. The van der Waals surface area contributed by atoms with E-state index in [1.54, 1.807) is 0 Å². The number of carbonyl (C=O) groups is 1. The predicted molar refractivity (Wildman–Crippen MR) is 130 cm³/mol. The summed E-state index contributed by atoms with van der Waals surface area (Å²) in [6.07, 6.45) is 4.01. The maximum Gasteiger partial charge on any atom is 0.304 e. The molecule has 0 amide bonds. The lowest BCUT2D eigenvalue weighted by Crippen LogP contribution is -2.17. The summed E-state index contributed by atoms with van der Waals surface area (Å²) >= 11 is 0. The van der Waals surface area contributed by atoms with Crippen LogP contribution in [0.25, 0.3) is 33.9 Å². The SMILES string of the molecule is CCC/C(=C\c1nnc(-c2ccc(CNCCC(=O)O)c3ccccc23)o1)c1ccccc1. The average molecular weight is 442 g/mol. The molecule has 0 aliphatic heterocycles. The second kappa shape index (κ2) is 10.7. The van der Waals surface area contributed by atoms with Gasteiger partial charge in [0.15, 0.2) is 0 Å². The highest BCUT2D eigenvalue weighted by Gasteiger charge is 2.14. The topological polar surface area (TPSA) is 88.2 Å². The number of carboxylic acids is 1. The molecule has 4 aromatic rings. The minimum absolute atomic E-state index is 0.0945. The Morgan fingerprint density at radius 1 is 0.970 bits per heavy atom. The Bertz CT molecular complexity index is 1260. The summed E-state index contributed by atoms with van der Waals surface area (Å²) in [5, 5.41) is 22.7. The highest BCUT2D eigenvalue weighted by Crippen LogP contribution is 2.31. The molecule has 6 heteroatoms. The molecule has 0 spiro atoms. The molecule has 0 aliphatic rings. The molecule has 6 nitrogen and oxygen atoms in total. The fourth-order valence-corrected chi connectivity index (χ4v) is 3.89. The molecule has 0 saturated carbocycles. The molecule has 33 heavy (non-hydrogen) atoms. The average Bonchev–Trinajstić information content (AvgIpc) is 3.30. The number of carboxylic acid groups (broad SMARTS) is 1. The summed E-state index contributed by atoms with van der Waals surface area (Å²) < 4.78 is 6.06. The number of nitrogens with zero attached hydrogens (tertiary/aromatic N) is 2. The van der Waals surface area contributed by atoms with Gasteiger partial charge in [0.1, 0.15) is 0 Å². The summed E-state index contributed by atoms with van der Waals surface area (Å²) in [5.41, 5.74) is 4.29. The van der Waals surface area contributed by atoms with Crippen molar-refractivity contribution in [3.8, 4) is 11.5 Å². The van der Waals surface area contributed by atoms with Crippen molar-refractivity contribution in [2.75, 3.05) is 6.54 Å². The minimum atomic E-state index is -0.807. The zero-order valence-electron chi connectivity index (χ0n) is 18.6. The van der Waals surface area contributed by atoms with Gasteiger partial charge >= 0.3 is 5.97 Å². The first kappa shape index (κ1) is 22.4. The Balaban J connectivity index is 1.62. The maximum absolute atomic E-state index is 10.7. The number of aliphatic carboxylic acids is 1. The number of hydrogen-bond acceptors (Lipinski definition) is 5. The van der Waals surface area contributed by atoms with Crippen LogP contribution in [0.4, 0.5) is 0 Å². The standard InChI is InChI=1S/C27H27N3O3/c1-2-8-20(19-9-4-3-5-10-19)17-25-29-30-27(33-25)24-14-13-21(18-28-16-15-26(31)32)22-11-6-7-12-23(22)24/h3-7,9-14,17,28H,2,8,15-16,18H2,1H3,(H,31,32)/b20-17+. The van der Waals surface area contributed by atoms with Crippen LogP contribution in [-0.4, -0.2) is 27.8 Å². The lowest BCUT2D eigenvalue weighted by Gasteiger charge is -2.10. The van der Waals surface area contributed by atoms with Crippen molar-refractivity contribution in [2.45, 2.75) is 32.7 Å². The molecule has 4 rings (SSSR count). The largest absolute Gasteiger partial charge is 0.481 e. The van der Waals surface area contributed by atoms with E-state index in [4.69, 9.17) is 9.52 Å². The number of allylic oxidation sites excluding steroid dienone is 1. The van der Waals surface area contributed by atoms with Gasteiger partial charge in [-0.15, -0.1) is 10.2 Å². The van der Waals surface area contributed by atoms with Gasteiger partial charge in [-0.2, -0.15) is 0 Å². The summed E-state index contributed by atoms with van der Waals surface area (Å²) in [5.74, 6) is 0.158. The van der Waals surface area contributed by atoms with Gasteiger partial charge in [0.25, 0.3) is 0 Å². The first-order valence-corrected chi connectivity index (χ1v) is 11.2. The number of benzene rings is 3. The molecule has 168 valence electrons. The van der Waals surface area contributed by atoms with E-state index in [0.29, 0.717) is 24.9 Å². The third-order valence-corrected chi connectivity index (χ3v) is 5.48. The first-order chi connectivity index (χ1) is 16.2. The van der Waals surface area contributed by atoms with E-state index in [2.05, 4.69) is 40.6 Å². The number of rotatable bonds is 10. The monoisotopic (exact) mass is 441 g/mol. The summed E-state index contributed by atoms with van der Waals surface area (Å²) in [7, 11) is 0. The molecular weight excluding hydrogens is 414 g/mol. The predicted octanol–water partition coefficient (Wildman–Crippen LogP) is 5.79. The van der Waals surface area contributed by atoms with Crippen LogP contribution in [0.5, 0.6) is 0 Å². The van der Waals surface area contributed by atoms with Gasteiger partial charge in [0.2, 0.25) is 11.8 Å². The van der Waals surface area contributed by atoms with Crippen molar-refractivity contribution >= 4 is 28.4 Å². The van der Waals surface area contributed by atoms with Crippen molar-refractivity contribution < 1.29 is 14.3 Å². The van der Waals surface area contributed by atoms with Crippen LogP contribution in [0.15, 0.2) is 71.1 Å². The highest BCUT2D eigenvalue weighted by atomic mass is 16.4. The molecule has 0 bridgehead atoms. The van der Waals surface area contributed by atoms with Crippen molar-refractivity contribution in [1.29, 1.82) is 0 Å². The second-order valence-corrected chi connectivity index (χ2v) is 7.87. The minimum Gasteiger partial charge on any atom is -0.481 e. The molecule has 0 aliphatic carbocycles. The van der Waals surface area contributed by atoms with E-state index in [1.165, 1.54) is 5.57 Å². The van der Waals surface area contributed by atoms with Crippen molar-refractivity contribution in [1.82, 2.24) is 15.5 Å². The van der Waals surface area contributed by atoms with Gasteiger partial charge in [-0.1, -0.05) is 74.0 Å². The molecule has 1 heterocycles. The van der Waals surface area contributed by atoms with Crippen molar-refractivity contribution in [3.63, 3.8) is 0 Å². The molecule has 0 saturated heterocycles. The van der Waals surface area contributed by atoms with Gasteiger partial charge in [-0.3, -0.25) is 4.79 Å². The Labute approximate surface area is 193 Å². The van der Waals surface area contributed by atoms with Crippen LogP contribution in [0.2, 0.25) is 0 Å². The van der Waals surface area contributed by atoms with E-state index in [0.717, 1.165) is 40.3 Å². The maximum atomic E-state index is 10.7. The van der Waals surface area contributed by atoms with E-state index >= 15 is 0 Å². The van der Waals surface area contributed by atoms with Gasteiger partial charge in [-0.25, -0.2) is 0 Å². The van der Waals surface area contributed by atoms with Crippen LogP contribution in [-0.2, 0) is 11.3 Å². The van der Waals surface area contributed by atoms with E-state index in [1.807, 2.05) is 54.6 Å². The Morgan fingerprint density at radius 2 is 1.73 bits per heavy atom. The lowest BCUT2D eigenvalue weighted by molar-refractivity contribution is -0.136. The van der Waals surface area contributed by atoms with Crippen LogP contribution < -0.4 is 5.32 Å². The normalized spacial score (nSPS) is 11.7. The van der Waals surface area contributed by atoms with Crippen LogP contribution >= 0.6 is 0 Å². The molecule has 3 aromatic carbocycles. The quantitative estimate of drug-likeness (QED) is 0.303. The fraction of sp³-hybridized carbons (Fsp3) is 0.222. The molecule has 0 unspecified atom stereocenters. The number of nitrogens with one attached hydrogen (secondary N) is 1. The lowest BCUT2D eigenvalue weighted by atomic mass is 9.99. The molecular formula is C27H27N3O3. The Kier molecular flexibility index (Phi) is 7.27. The zero-order chi connectivity index (χ0) is 23.0. The smallest absolute Gasteiger partial charge is 0.304 e. The molecule has 0 fully saturated rings. The molecule has 1 aromatic heterocycles. The fourth-order valence-electron chi connectivity index (χ4n) is 3.89. The third-order valence-electron chi connectivity index (χ3n) is 5.48.